The van der Waals surface area contributed by atoms with E-state index in [4.69, 9.17) is 21.7 Å². The Balaban J connectivity index is 0.784. The van der Waals surface area contributed by atoms with Crippen LogP contribution in [0.4, 0.5) is 24.5 Å². The number of aromatic nitrogens is 1. The van der Waals surface area contributed by atoms with Crippen molar-refractivity contribution in [3.05, 3.63) is 119 Å². The molecule has 1 saturated carbocycles. The molecule has 8 rings (SSSR count). The predicted octanol–water partition coefficient (Wildman–Crippen LogP) is 8.58. The van der Waals surface area contributed by atoms with Gasteiger partial charge in [-0.05, 0) is 122 Å². The fourth-order valence-electron chi connectivity index (χ4n) is 9.39. The van der Waals surface area contributed by atoms with Crippen LogP contribution in [-0.2, 0) is 36.6 Å². The molecule has 1 aliphatic carbocycles. The number of thiazole rings is 1. The lowest BCUT2D eigenvalue weighted by Gasteiger charge is -2.36. The van der Waals surface area contributed by atoms with Gasteiger partial charge in [0.2, 0.25) is 17.7 Å². The third-order valence-electron chi connectivity index (χ3n) is 13.5. The Morgan fingerprint density at radius 1 is 0.945 bits per heavy atom. The first kappa shape index (κ1) is 52.6. The number of ether oxygens (including phenoxy) is 2. The van der Waals surface area contributed by atoms with Gasteiger partial charge in [-0.3, -0.25) is 24.1 Å². The van der Waals surface area contributed by atoms with Gasteiger partial charge in [0, 0.05) is 25.2 Å². The van der Waals surface area contributed by atoms with Crippen LogP contribution in [0.15, 0.2) is 96.5 Å². The summed E-state index contributed by atoms with van der Waals surface area (Å²) in [5.74, 6) is -0.977. The standard InChI is InChI=1S/C54H56F3N7O7S2/c1-31-46(73-30-60-31)36-9-7-32(8-10-36)26-59-48(67)44-24-40(65)27-62(44)49(68)47(52(2,3)4)61-45(66)29-70-28-33-21-42(22-33)71-41-19-14-35(15-20-41)34-11-16-38(17-12-34)64-51(72)63(50(69)53(64,5)6)39-18-13-37(25-58)43(23-39)54(55,56)57/h7-20,23,30,33,40,42,44,47,65H,21-22,24,26-29H2,1-6H3,(H,59,67)(H,61,66)/t33?,40-,42?,44+,47?/m1/s1. The van der Waals surface area contributed by atoms with E-state index in [0.29, 0.717) is 18.0 Å². The Bertz CT molecular complexity index is 2930. The quantitative estimate of drug-likeness (QED) is 0.0857. The van der Waals surface area contributed by atoms with Crippen LogP contribution in [0.3, 0.4) is 0 Å². The van der Waals surface area contributed by atoms with Gasteiger partial charge in [0.25, 0.3) is 5.91 Å². The number of nitriles is 1. The number of nitrogens with one attached hydrogen (secondary N) is 2. The summed E-state index contributed by atoms with van der Waals surface area (Å²) in [7, 11) is 0. The van der Waals surface area contributed by atoms with E-state index in [1.807, 2.05) is 88.4 Å². The van der Waals surface area contributed by atoms with E-state index >= 15 is 0 Å². The Morgan fingerprint density at radius 3 is 2.18 bits per heavy atom. The molecule has 2 saturated heterocycles. The average Bonchev–Trinajstić information content (AvgIpc) is 4.00. The molecule has 3 atom stereocenters. The first-order chi connectivity index (χ1) is 34.5. The number of benzene rings is 4. The summed E-state index contributed by atoms with van der Waals surface area (Å²) in [5.41, 5.74) is 3.26. The summed E-state index contributed by atoms with van der Waals surface area (Å²) in [6.45, 7) is 11.0. The zero-order valence-electron chi connectivity index (χ0n) is 41.2. The minimum Gasteiger partial charge on any atom is -0.490 e. The topological polar surface area (TPSA) is 177 Å². The molecule has 382 valence electrons. The summed E-state index contributed by atoms with van der Waals surface area (Å²) in [6.07, 6.45) is -4.23. The number of hydrogen-bond acceptors (Lipinski definition) is 11. The van der Waals surface area contributed by atoms with E-state index in [2.05, 4.69) is 15.6 Å². The number of aliphatic hydroxyl groups is 1. The molecule has 3 fully saturated rings. The molecule has 2 aliphatic heterocycles. The maximum atomic E-state index is 14.1. The lowest BCUT2D eigenvalue weighted by Crippen LogP contribution is -2.58. The van der Waals surface area contributed by atoms with Gasteiger partial charge < -0.3 is 35.0 Å². The molecule has 73 heavy (non-hydrogen) atoms. The van der Waals surface area contributed by atoms with Crippen molar-refractivity contribution >= 4 is 63.7 Å². The molecule has 4 amide bonds. The zero-order chi connectivity index (χ0) is 52.6. The highest BCUT2D eigenvalue weighted by Crippen LogP contribution is 2.41. The fraction of sp³-hybridized carbons (Fsp3) is 0.389. The van der Waals surface area contributed by atoms with E-state index in [1.165, 1.54) is 11.0 Å². The molecular weight excluding hydrogens is 980 g/mol. The molecule has 3 aliphatic rings. The van der Waals surface area contributed by atoms with Gasteiger partial charge in [-0.1, -0.05) is 69.3 Å². The Labute approximate surface area is 431 Å². The van der Waals surface area contributed by atoms with Crippen molar-refractivity contribution in [3.8, 4) is 33.4 Å². The Kier molecular flexibility index (Phi) is 15.1. The monoisotopic (exact) mass is 1040 g/mol. The van der Waals surface area contributed by atoms with Gasteiger partial charge in [-0.2, -0.15) is 18.4 Å². The van der Waals surface area contributed by atoms with Gasteiger partial charge in [-0.25, -0.2) is 4.98 Å². The second-order valence-electron chi connectivity index (χ2n) is 20.3. The van der Waals surface area contributed by atoms with Crippen LogP contribution in [-0.4, -0.2) is 93.3 Å². The number of carbonyl (C=O) groups excluding carboxylic acids is 4. The van der Waals surface area contributed by atoms with Crippen molar-refractivity contribution in [2.45, 2.75) is 103 Å². The molecular formula is C54H56F3N7O7S2. The van der Waals surface area contributed by atoms with Crippen molar-refractivity contribution in [2.75, 3.05) is 29.6 Å². The number of thiocarbonyl (C=S) groups is 1. The first-order valence-electron chi connectivity index (χ1n) is 23.8. The van der Waals surface area contributed by atoms with Crippen LogP contribution in [0.25, 0.3) is 21.6 Å². The highest BCUT2D eigenvalue weighted by atomic mass is 32.1. The van der Waals surface area contributed by atoms with Gasteiger partial charge in [-0.15, -0.1) is 11.3 Å². The first-order valence-corrected chi connectivity index (χ1v) is 25.1. The third-order valence-corrected chi connectivity index (χ3v) is 14.8. The van der Waals surface area contributed by atoms with Crippen molar-refractivity contribution in [1.82, 2.24) is 20.5 Å². The van der Waals surface area contributed by atoms with Crippen LogP contribution < -0.4 is 25.2 Å². The number of amides is 4. The van der Waals surface area contributed by atoms with Gasteiger partial charge >= 0.3 is 6.18 Å². The van der Waals surface area contributed by atoms with E-state index in [0.717, 1.165) is 62.7 Å². The summed E-state index contributed by atoms with van der Waals surface area (Å²) in [4.78, 5) is 63.8. The number of anilines is 2. The molecule has 0 radical (unpaired) electrons. The maximum absolute atomic E-state index is 14.1. The minimum atomic E-state index is -4.80. The number of β-amino-alcohol motifs (C(OH)–C–C–N with tert-alkyl or cyclic N) is 1. The smallest absolute Gasteiger partial charge is 0.417 e. The van der Waals surface area contributed by atoms with Crippen LogP contribution >= 0.6 is 23.6 Å². The van der Waals surface area contributed by atoms with E-state index < -0.39 is 64.2 Å². The highest BCUT2D eigenvalue weighted by molar-refractivity contribution is 7.81. The van der Waals surface area contributed by atoms with Crippen LogP contribution in [0.1, 0.15) is 76.3 Å². The molecule has 1 unspecified atom stereocenters. The van der Waals surface area contributed by atoms with Crippen LogP contribution in [0.2, 0.25) is 0 Å². The van der Waals surface area contributed by atoms with Crippen molar-refractivity contribution in [3.63, 3.8) is 0 Å². The minimum absolute atomic E-state index is 0.00595. The van der Waals surface area contributed by atoms with Crippen LogP contribution in [0, 0.1) is 29.6 Å². The fourth-order valence-corrected chi connectivity index (χ4v) is 10.7. The van der Waals surface area contributed by atoms with Gasteiger partial charge in [0.1, 0.15) is 30.0 Å². The molecule has 3 heterocycles. The Morgan fingerprint density at radius 2 is 1.58 bits per heavy atom. The number of hydrogen-bond donors (Lipinski definition) is 3. The number of aryl methyl sites for hydroxylation is 1. The Hall–Kier alpha value is -6.72. The van der Waals surface area contributed by atoms with Crippen molar-refractivity contribution in [2.24, 2.45) is 11.3 Å². The summed E-state index contributed by atoms with van der Waals surface area (Å²) >= 11 is 7.24. The number of alkyl halides is 3. The predicted molar refractivity (Wildman–Crippen MR) is 274 cm³/mol. The summed E-state index contributed by atoms with van der Waals surface area (Å²) < 4.78 is 53.4. The van der Waals surface area contributed by atoms with E-state index in [1.54, 1.807) is 53.8 Å². The molecule has 4 aromatic carbocycles. The lowest BCUT2D eigenvalue weighted by molar-refractivity contribution is -0.144. The SMILES string of the molecule is Cc1ncsc1-c1ccc(CNC(=O)[C@@H]2C[C@@H](O)CN2C(=O)C(NC(=O)COCC2CC(Oc3ccc(-c4ccc(N5C(=S)N(c6ccc(C#N)c(C(F)(F)F)c6)C(=O)C5(C)C)cc4)cc3)C2)C(C)(C)C)cc1. The summed E-state index contributed by atoms with van der Waals surface area (Å²) in [5, 5.41) is 25.6. The van der Waals surface area contributed by atoms with Gasteiger partial charge in [0.15, 0.2) is 5.11 Å². The normalized spacial score (nSPS) is 20.1. The molecule has 0 spiro atoms. The molecule has 19 heteroatoms. The molecule has 3 N–H and O–H groups in total. The largest absolute Gasteiger partial charge is 0.490 e. The number of likely N-dealkylation sites (tertiary alicyclic amines) is 1. The second-order valence-corrected chi connectivity index (χ2v) is 21.5. The molecule has 5 aromatic rings. The summed E-state index contributed by atoms with van der Waals surface area (Å²) in [6, 6.07) is 25.5. The van der Waals surface area contributed by atoms with Crippen molar-refractivity contribution < 1.29 is 46.9 Å². The molecule has 0 bridgehead atoms. The zero-order valence-corrected chi connectivity index (χ0v) is 42.8. The average molecular weight is 1040 g/mol. The number of aliphatic hydroxyl groups excluding tert-OH is 1. The second kappa shape index (κ2) is 21.0. The van der Waals surface area contributed by atoms with Crippen molar-refractivity contribution in [1.29, 1.82) is 5.26 Å². The lowest BCUT2D eigenvalue weighted by atomic mass is 9.83. The number of rotatable bonds is 15. The van der Waals surface area contributed by atoms with Gasteiger partial charge in [0.05, 0.1) is 57.8 Å². The highest BCUT2D eigenvalue weighted by Gasteiger charge is 2.51. The van der Waals surface area contributed by atoms with E-state index in [-0.39, 0.29) is 54.8 Å². The number of carbonyl (C=O) groups is 4. The molecule has 14 nitrogen and oxygen atoms in total. The third kappa shape index (κ3) is 11.4. The number of nitrogens with zero attached hydrogens (tertiary/aromatic N) is 5. The van der Waals surface area contributed by atoms with Crippen LogP contribution in [0.5, 0.6) is 5.75 Å². The maximum Gasteiger partial charge on any atom is 0.417 e. The van der Waals surface area contributed by atoms with E-state index in [9.17, 15) is 42.7 Å². The number of halogens is 3. The molecule has 1 aromatic heterocycles.